The minimum Gasteiger partial charge on any atom is -0.374 e. The zero-order valence-corrected chi connectivity index (χ0v) is 30.5. The number of nitrogens with two attached hydrogens (primary N) is 4. The third-order valence-electron chi connectivity index (χ3n) is 9.38. The molecule has 0 aliphatic carbocycles. The van der Waals surface area contributed by atoms with Gasteiger partial charge in [-0.1, -0.05) is 105 Å². The monoisotopic (exact) mass is 675 g/mol. The SMILES string of the molecule is CCCCCCO[C@H]1[C@@H](O[C@H]2O[C@H](CN)[C@H](N)[C@H](OCCCCCC)[C@H]2OCCCCCC)O[C@H](CN)[C@H](N)[C@@H]1OCCCCCC. The first-order chi connectivity index (χ1) is 23.0. The average Bonchev–Trinajstić information content (AvgIpc) is 3.07. The molecular weight excluding hydrogens is 600 g/mol. The summed E-state index contributed by atoms with van der Waals surface area (Å²) in [6.07, 6.45) is 12.7. The Hall–Kier alpha value is -0.440. The summed E-state index contributed by atoms with van der Waals surface area (Å²) in [5.41, 5.74) is 25.9. The number of hydrogen-bond acceptors (Lipinski definition) is 11. The molecule has 0 saturated carbocycles. The number of hydrogen-bond donors (Lipinski definition) is 4. The molecule has 10 atom stereocenters. The molecule has 0 aromatic carbocycles. The van der Waals surface area contributed by atoms with Crippen molar-refractivity contribution in [1.82, 2.24) is 0 Å². The molecule has 0 amide bonds. The largest absolute Gasteiger partial charge is 0.374 e. The van der Waals surface area contributed by atoms with Gasteiger partial charge in [0.15, 0.2) is 12.6 Å². The summed E-state index contributed by atoms with van der Waals surface area (Å²) in [6.45, 7) is 11.5. The van der Waals surface area contributed by atoms with Gasteiger partial charge in [-0.15, -0.1) is 0 Å². The van der Waals surface area contributed by atoms with Crippen LogP contribution in [0.4, 0.5) is 0 Å². The smallest absolute Gasteiger partial charge is 0.189 e. The lowest BCUT2D eigenvalue weighted by molar-refractivity contribution is -0.367. The van der Waals surface area contributed by atoms with Crippen molar-refractivity contribution < 1.29 is 33.2 Å². The Labute approximate surface area is 287 Å². The predicted molar refractivity (Wildman–Crippen MR) is 188 cm³/mol. The van der Waals surface area contributed by atoms with Crippen LogP contribution in [0.1, 0.15) is 130 Å². The topological polar surface area (TPSA) is 169 Å². The maximum Gasteiger partial charge on any atom is 0.189 e. The maximum absolute atomic E-state index is 6.75. The van der Waals surface area contributed by atoms with Gasteiger partial charge in [-0.05, 0) is 25.7 Å². The van der Waals surface area contributed by atoms with Crippen molar-refractivity contribution in [2.45, 2.75) is 192 Å². The predicted octanol–water partition coefficient (Wildman–Crippen LogP) is 4.89. The van der Waals surface area contributed by atoms with Gasteiger partial charge in [0.25, 0.3) is 0 Å². The highest BCUT2D eigenvalue weighted by molar-refractivity contribution is 4.98. The van der Waals surface area contributed by atoms with Crippen LogP contribution in [0.15, 0.2) is 0 Å². The molecule has 2 heterocycles. The van der Waals surface area contributed by atoms with E-state index in [9.17, 15) is 0 Å². The van der Waals surface area contributed by atoms with E-state index in [1.807, 2.05) is 0 Å². The highest BCUT2D eigenvalue weighted by atomic mass is 16.8. The van der Waals surface area contributed by atoms with Gasteiger partial charge in [0, 0.05) is 39.5 Å². The molecule has 0 radical (unpaired) electrons. The molecule has 0 aromatic heterocycles. The highest BCUT2D eigenvalue weighted by Crippen LogP contribution is 2.32. The van der Waals surface area contributed by atoms with Gasteiger partial charge in [-0.3, -0.25) is 0 Å². The van der Waals surface area contributed by atoms with Crippen molar-refractivity contribution in [1.29, 1.82) is 0 Å². The summed E-state index contributed by atoms with van der Waals surface area (Å²) in [5.74, 6) is 0. The number of rotatable bonds is 28. The molecule has 0 unspecified atom stereocenters. The van der Waals surface area contributed by atoms with Crippen LogP contribution in [-0.2, 0) is 33.2 Å². The van der Waals surface area contributed by atoms with E-state index in [0.717, 1.165) is 89.9 Å². The Morgan fingerprint density at radius 1 is 0.426 bits per heavy atom. The lowest BCUT2D eigenvalue weighted by Crippen LogP contribution is -2.68. The molecule has 47 heavy (non-hydrogen) atoms. The van der Waals surface area contributed by atoms with Crippen molar-refractivity contribution in [3.8, 4) is 0 Å². The van der Waals surface area contributed by atoms with Crippen molar-refractivity contribution in [3.63, 3.8) is 0 Å². The fourth-order valence-corrected chi connectivity index (χ4v) is 6.38. The maximum atomic E-state index is 6.75. The van der Waals surface area contributed by atoms with Crippen molar-refractivity contribution in [3.05, 3.63) is 0 Å². The normalized spacial score (nSPS) is 31.4. The molecule has 2 fully saturated rings. The Balaban J connectivity index is 2.32. The van der Waals surface area contributed by atoms with Gasteiger partial charge in [0.2, 0.25) is 0 Å². The summed E-state index contributed by atoms with van der Waals surface area (Å²) >= 11 is 0. The van der Waals surface area contributed by atoms with E-state index in [1.54, 1.807) is 0 Å². The molecule has 8 N–H and O–H groups in total. The minimum absolute atomic E-state index is 0.225. The van der Waals surface area contributed by atoms with Gasteiger partial charge >= 0.3 is 0 Å². The van der Waals surface area contributed by atoms with E-state index < -0.39 is 61.3 Å². The van der Waals surface area contributed by atoms with Crippen LogP contribution in [0.3, 0.4) is 0 Å². The van der Waals surface area contributed by atoms with Crippen LogP contribution in [-0.4, -0.2) is 101 Å². The molecule has 2 aliphatic rings. The van der Waals surface area contributed by atoms with Gasteiger partial charge in [-0.2, -0.15) is 0 Å². The molecule has 2 saturated heterocycles. The van der Waals surface area contributed by atoms with Gasteiger partial charge < -0.3 is 56.1 Å². The summed E-state index contributed by atoms with van der Waals surface area (Å²) in [7, 11) is 0. The molecule has 0 bridgehead atoms. The van der Waals surface area contributed by atoms with Gasteiger partial charge in [0.1, 0.15) is 24.4 Å². The van der Waals surface area contributed by atoms with Crippen LogP contribution in [0.25, 0.3) is 0 Å². The Bertz CT molecular complexity index is 683. The Kier molecular flexibility index (Phi) is 24.0. The fourth-order valence-electron chi connectivity index (χ4n) is 6.38. The fraction of sp³-hybridized carbons (Fsp3) is 1.00. The summed E-state index contributed by atoms with van der Waals surface area (Å²) in [5, 5.41) is 0. The van der Waals surface area contributed by atoms with E-state index in [-0.39, 0.29) is 13.1 Å². The number of ether oxygens (including phenoxy) is 7. The molecule has 2 rings (SSSR count). The lowest BCUT2D eigenvalue weighted by atomic mass is 9.95. The van der Waals surface area contributed by atoms with Crippen LogP contribution in [0.5, 0.6) is 0 Å². The van der Waals surface area contributed by atoms with Crippen LogP contribution < -0.4 is 22.9 Å². The van der Waals surface area contributed by atoms with Crippen molar-refractivity contribution in [2.24, 2.45) is 22.9 Å². The molecule has 2 aliphatic heterocycles. The first kappa shape index (κ1) is 42.7. The van der Waals surface area contributed by atoms with Crippen LogP contribution in [0, 0.1) is 0 Å². The van der Waals surface area contributed by atoms with E-state index in [0.29, 0.717) is 26.4 Å². The van der Waals surface area contributed by atoms with E-state index in [4.69, 9.17) is 56.1 Å². The average molecular weight is 675 g/mol. The van der Waals surface area contributed by atoms with Gasteiger partial charge in [0.05, 0.1) is 24.3 Å². The zero-order chi connectivity index (χ0) is 34.3. The second kappa shape index (κ2) is 26.4. The molecule has 280 valence electrons. The zero-order valence-electron chi connectivity index (χ0n) is 30.5. The molecular formula is C36H74N4O7. The molecule has 0 spiro atoms. The molecule has 0 aromatic rings. The van der Waals surface area contributed by atoms with Crippen LogP contribution in [0.2, 0.25) is 0 Å². The third kappa shape index (κ3) is 15.1. The van der Waals surface area contributed by atoms with Crippen molar-refractivity contribution >= 4 is 0 Å². The highest BCUT2D eigenvalue weighted by Gasteiger charge is 2.51. The van der Waals surface area contributed by atoms with Crippen molar-refractivity contribution in [2.75, 3.05) is 39.5 Å². The summed E-state index contributed by atoms with van der Waals surface area (Å²) in [4.78, 5) is 0. The number of unbranched alkanes of at least 4 members (excludes halogenated alkanes) is 12. The Morgan fingerprint density at radius 2 is 0.723 bits per heavy atom. The Morgan fingerprint density at radius 3 is 1.00 bits per heavy atom. The molecule has 11 nitrogen and oxygen atoms in total. The van der Waals surface area contributed by atoms with E-state index in [1.165, 1.54) is 12.8 Å². The first-order valence-corrected chi connectivity index (χ1v) is 19.3. The first-order valence-electron chi connectivity index (χ1n) is 19.3. The second-order valence-electron chi connectivity index (χ2n) is 13.4. The summed E-state index contributed by atoms with van der Waals surface area (Å²) < 4.78 is 45.7. The van der Waals surface area contributed by atoms with Crippen LogP contribution >= 0.6 is 0 Å². The standard InChI is InChI=1S/C36H74N4O7/c1-5-9-13-17-21-41-31-29(39)27(25-37)45-35(33(31)43-23-19-15-11-7-3)47-36-34(44-24-20-16-12-8-4)32(30(40)28(26-38)46-36)42-22-18-14-10-6-2/h27-36H,5-26,37-40H2,1-4H3/t27-,28-,29+,30+,31+,32+,33-,34-,35-,36-/m1/s1. The summed E-state index contributed by atoms with van der Waals surface area (Å²) in [6, 6.07) is -0.928. The third-order valence-corrected chi connectivity index (χ3v) is 9.38. The quantitative estimate of drug-likeness (QED) is 0.0834. The second-order valence-corrected chi connectivity index (χ2v) is 13.4. The van der Waals surface area contributed by atoms with E-state index >= 15 is 0 Å². The lowest BCUT2D eigenvalue weighted by Gasteiger charge is -2.49. The minimum atomic E-state index is -0.843. The van der Waals surface area contributed by atoms with Gasteiger partial charge in [-0.25, -0.2) is 0 Å². The van der Waals surface area contributed by atoms with E-state index in [2.05, 4.69) is 27.7 Å². The molecule has 11 heteroatoms.